The number of nitrogens with zero attached hydrogens (tertiary/aromatic N) is 3. The maximum Gasteiger partial charge on any atom is 0.229 e. The number of aromatic hydroxyl groups is 1. The summed E-state index contributed by atoms with van der Waals surface area (Å²) in [6.45, 7) is 2.07. The summed E-state index contributed by atoms with van der Waals surface area (Å²) in [5, 5.41) is 14.0. The third-order valence-corrected chi connectivity index (χ3v) is 4.59. The fourth-order valence-corrected chi connectivity index (χ4v) is 3.35. The van der Waals surface area contributed by atoms with Crippen LogP contribution in [0.3, 0.4) is 0 Å². The lowest BCUT2D eigenvalue weighted by atomic mass is 10.2. The minimum Gasteiger partial charge on any atom is -0.508 e. The molecule has 5 heteroatoms. The van der Waals surface area contributed by atoms with E-state index in [2.05, 4.69) is 21.3 Å². The second-order valence-electron chi connectivity index (χ2n) is 6.46. The van der Waals surface area contributed by atoms with Crippen LogP contribution in [0.2, 0.25) is 0 Å². The molecule has 1 aliphatic rings. The van der Waals surface area contributed by atoms with Gasteiger partial charge < -0.3 is 15.3 Å². The molecule has 0 saturated carbocycles. The molecule has 2 heterocycles. The molecule has 1 aromatic heterocycles. The summed E-state index contributed by atoms with van der Waals surface area (Å²) >= 11 is 0. The second-order valence-corrected chi connectivity index (χ2v) is 6.46. The van der Waals surface area contributed by atoms with Crippen LogP contribution in [0.1, 0.15) is 25.7 Å². The molecule has 0 unspecified atom stereocenters. The van der Waals surface area contributed by atoms with Gasteiger partial charge in [0.1, 0.15) is 11.6 Å². The van der Waals surface area contributed by atoms with Gasteiger partial charge in [0.15, 0.2) is 0 Å². The minimum atomic E-state index is 0.221. The molecule has 25 heavy (non-hydrogen) atoms. The zero-order valence-electron chi connectivity index (χ0n) is 14.2. The Labute approximate surface area is 147 Å². The van der Waals surface area contributed by atoms with Gasteiger partial charge >= 0.3 is 0 Å². The SMILES string of the molecule is Oc1cccc(Nc2nc(N3CCCCCC3)c3ccccc3n2)c1. The highest BCUT2D eigenvalue weighted by Crippen LogP contribution is 2.28. The van der Waals surface area contributed by atoms with Crippen LogP contribution >= 0.6 is 0 Å². The number of phenols is 1. The molecule has 0 aliphatic carbocycles. The lowest BCUT2D eigenvalue weighted by Gasteiger charge is -2.23. The normalized spacial score (nSPS) is 15.1. The molecule has 1 aliphatic heterocycles. The molecule has 2 N–H and O–H groups in total. The summed E-state index contributed by atoms with van der Waals surface area (Å²) < 4.78 is 0. The van der Waals surface area contributed by atoms with E-state index in [-0.39, 0.29) is 5.75 Å². The van der Waals surface area contributed by atoms with Crippen molar-refractivity contribution in [3.63, 3.8) is 0 Å². The van der Waals surface area contributed by atoms with Crippen LogP contribution in [0.5, 0.6) is 5.75 Å². The van der Waals surface area contributed by atoms with E-state index in [1.165, 1.54) is 25.7 Å². The number of hydrogen-bond donors (Lipinski definition) is 2. The molecule has 128 valence electrons. The van der Waals surface area contributed by atoms with Gasteiger partial charge in [0, 0.05) is 30.2 Å². The van der Waals surface area contributed by atoms with Crippen LogP contribution in [0.15, 0.2) is 48.5 Å². The van der Waals surface area contributed by atoms with E-state index >= 15 is 0 Å². The van der Waals surface area contributed by atoms with Crippen molar-refractivity contribution < 1.29 is 5.11 Å². The first-order valence-electron chi connectivity index (χ1n) is 8.87. The van der Waals surface area contributed by atoms with Crippen LogP contribution in [0.4, 0.5) is 17.5 Å². The first-order chi connectivity index (χ1) is 12.3. The average molecular weight is 334 g/mol. The Morgan fingerprint density at radius 1 is 0.880 bits per heavy atom. The van der Waals surface area contributed by atoms with Crippen LogP contribution in [0, 0.1) is 0 Å². The number of para-hydroxylation sites is 1. The van der Waals surface area contributed by atoms with Crippen molar-refractivity contribution in [2.45, 2.75) is 25.7 Å². The number of anilines is 3. The Morgan fingerprint density at radius 3 is 2.48 bits per heavy atom. The highest BCUT2D eigenvalue weighted by atomic mass is 16.3. The molecule has 0 bridgehead atoms. The number of rotatable bonds is 3. The molecule has 4 rings (SSSR count). The molecular weight excluding hydrogens is 312 g/mol. The lowest BCUT2D eigenvalue weighted by Crippen LogP contribution is -2.25. The fraction of sp³-hybridized carbons (Fsp3) is 0.300. The molecular formula is C20H22N4O. The first-order valence-corrected chi connectivity index (χ1v) is 8.87. The van der Waals surface area contributed by atoms with Gasteiger partial charge in [-0.2, -0.15) is 4.98 Å². The number of phenolic OH excluding ortho intramolecular Hbond substituents is 1. The fourth-order valence-electron chi connectivity index (χ4n) is 3.35. The topological polar surface area (TPSA) is 61.3 Å². The number of nitrogens with one attached hydrogen (secondary N) is 1. The Morgan fingerprint density at radius 2 is 1.68 bits per heavy atom. The predicted molar refractivity (Wildman–Crippen MR) is 102 cm³/mol. The number of aromatic nitrogens is 2. The highest BCUT2D eigenvalue weighted by Gasteiger charge is 2.16. The molecule has 1 saturated heterocycles. The summed E-state index contributed by atoms with van der Waals surface area (Å²) in [6, 6.07) is 15.2. The van der Waals surface area contributed by atoms with Crippen molar-refractivity contribution in [3.05, 3.63) is 48.5 Å². The van der Waals surface area contributed by atoms with Crippen molar-refractivity contribution in [1.82, 2.24) is 9.97 Å². The third kappa shape index (κ3) is 3.50. The van der Waals surface area contributed by atoms with Gasteiger partial charge in [0.2, 0.25) is 5.95 Å². The van der Waals surface area contributed by atoms with Crippen LogP contribution in [-0.2, 0) is 0 Å². The molecule has 1 fully saturated rings. The molecule has 5 nitrogen and oxygen atoms in total. The largest absolute Gasteiger partial charge is 0.508 e. The summed E-state index contributed by atoms with van der Waals surface area (Å²) in [4.78, 5) is 11.8. The van der Waals surface area contributed by atoms with Crippen molar-refractivity contribution in [3.8, 4) is 5.75 Å². The number of benzene rings is 2. The Hall–Kier alpha value is -2.82. The molecule has 0 amide bonds. The third-order valence-electron chi connectivity index (χ3n) is 4.59. The Balaban J connectivity index is 1.75. The molecule has 2 aromatic carbocycles. The maximum atomic E-state index is 9.66. The van der Waals surface area contributed by atoms with E-state index in [9.17, 15) is 5.11 Å². The smallest absolute Gasteiger partial charge is 0.229 e. The zero-order chi connectivity index (χ0) is 17.1. The van der Waals surface area contributed by atoms with Crippen molar-refractivity contribution in [2.75, 3.05) is 23.3 Å². The van der Waals surface area contributed by atoms with E-state index < -0.39 is 0 Å². The van der Waals surface area contributed by atoms with Crippen LogP contribution in [0.25, 0.3) is 10.9 Å². The van der Waals surface area contributed by atoms with Crippen LogP contribution in [-0.4, -0.2) is 28.2 Å². The van der Waals surface area contributed by atoms with Gasteiger partial charge in [-0.15, -0.1) is 0 Å². The average Bonchev–Trinajstić information content (AvgIpc) is 2.90. The summed E-state index contributed by atoms with van der Waals surface area (Å²) in [7, 11) is 0. The van der Waals surface area contributed by atoms with Gasteiger partial charge in [-0.25, -0.2) is 4.98 Å². The van der Waals surface area contributed by atoms with Crippen molar-refractivity contribution >= 4 is 28.4 Å². The summed E-state index contributed by atoms with van der Waals surface area (Å²) in [6.07, 6.45) is 4.98. The number of fused-ring (bicyclic) bond motifs is 1. The van der Waals surface area contributed by atoms with Gasteiger partial charge in [0.25, 0.3) is 0 Å². The summed E-state index contributed by atoms with van der Waals surface area (Å²) in [5.41, 5.74) is 1.71. The van der Waals surface area contributed by atoms with E-state index in [1.807, 2.05) is 24.3 Å². The van der Waals surface area contributed by atoms with Crippen molar-refractivity contribution in [1.29, 1.82) is 0 Å². The van der Waals surface area contributed by atoms with Crippen LogP contribution < -0.4 is 10.2 Å². The Kier molecular flexibility index (Phi) is 4.37. The van der Waals surface area contributed by atoms with Gasteiger partial charge in [-0.3, -0.25) is 0 Å². The van der Waals surface area contributed by atoms with E-state index in [4.69, 9.17) is 4.98 Å². The van der Waals surface area contributed by atoms with Crippen molar-refractivity contribution in [2.24, 2.45) is 0 Å². The minimum absolute atomic E-state index is 0.221. The van der Waals surface area contributed by atoms with E-state index in [1.54, 1.807) is 18.2 Å². The van der Waals surface area contributed by atoms with Gasteiger partial charge in [-0.1, -0.05) is 31.0 Å². The lowest BCUT2D eigenvalue weighted by molar-refractivity contribution is 0.475. The second kappa shape index (κ2) is 6.97. The predicted octanol–water partition coefficient (Wildman–Crippen LogP) is 4.46. The monoisotopic (exact) mass is 334 g/mol. The first kappa shape index (κ1) is 15.7. The highest BCUT2D eigenvalue weighted by molar-refractivity contribution is 5.90. The maximum absolute atomic E-state index is 9.66. The van der Waals surface area contributed by atoms with Gasteiger partial charge in [-0.05, 0) is 37.1 Å². The van der Waals surface area contributed by atoms with E-state index in [0.717, 1.165) is 35.5 Å². The quantitative estimate of drug-likeness (QED) is 0.740. The molecule has 0 radical (unpaired) electrons. The van der Waals surface area contributed by atoms with E-state index in [0.29, 0.717) is 5.95 Å². The summed E-state index contributed by atoms with van der Waals surface area (Å²) in [5.74, 6) is 1.78. The molecule has 3 aromatic rings. The standard InChI is InChI=1S/C20H22N4O/c25-16-9-7-8-15(14-16)21-20-22-18-11-4-3-10-17(18)19(23-20)24-12-5-1-2-6-13-24/h3-4,7-11,14,25H,1-2,5-6,12-13H2,(H,21,22,23). The number of hydrogen-bond acceptors (Lipinski definition) is 5. The van der Waals surface area contributed by atoms with Gasteiger partial charge in [0.05, 0.1) is 5.52 Å². The zero-order valence-corrected chi connectivity index (χ0v) is 14.2. The Bertz CT molecular complexity index is 872. The molecule has 0 atom stereocenters. The molecule has 0 spiro atoms.